The number of ether oxygens (including phenoxy) is 1. The summed E-state index contributed by atoms with van der Waals surface area (Å²) in [5.74, 6) is 0.232. The maximum atomic E-state index is 13.1. The quantitative estimate of drug-likeness (QED) is 0.527. The number of rotatable bonds is 7. The van der Waals surface area contributed by atoms with Crippen LogP contribution in [0.1, 0.15) is 33.9 Å². The van der Waals surface area contributed by atoms with E-state index in [1.807, 2.05) is 73.6 Å². The first-order valence-corrected chi connectivity index (χ1v) is 10.5. The van der Waals surface area contributed by atoms with E-state index in [-0.39, 0.29) is 18.6 Å². The minimum absolute atomic E-state index is 0.167. The number of amides is 1. The molecule has 1 aliphatic heterocycles. The van der Waals surface area contributed by atoms with E-state index in [4.69, 9.17) is 4.74 Å². The van der Waals surface area contributed by atoms with Crippen LogP contribution in [0.4, 0.5) is 5.69 Å². The maximum Gasteiger partial charge on any atom is 0.281 e. The maximum absolute atomic E-state index is 13.1. The summed E-state index contributed by atoms with van der Waals surface area (Å²) in [5, 5.41) is 6.20. The van der Waals surface area contributed by atoms with E-state index in [1.165, 1.54) is 5.01 Å². The summed E-state index contributed by atoms with van der Waals surface area (Å²) in [7, 11) is 3.99. The molecule has 0 N–H and O–H groups in total. The van der Waals surface area contributed by atoms with Crippen LogP contribution in [0.5, 0.6) is 5.75 Å². The van der Waals surface area contributed by atoms with Crippen LogP contribution >= 0.6 is 0 Å². The summed E-state index contributed by atoms with van der Waals surface area (Å²) in [4.78, 5) is 26.2. The third-order valence-corrected chi connectivity index (χ3v) is 5.42. The van der Waals surface area contributed by atoms with Crippen molar-refractivity contribution in [2.24, 2.45) is 5.10 Å². The van der Waals surface area contributed by atoms with Crippen LogP contribution < -0.4 is 9.64 Å². The van der Waals surface area contributed by atoms with Crippen molar-refractivity contribution in [3.8, 4) is 5.75 Å². The Morgan fingerprint density at radius 3 is 2.50 bits per heavy atom. The SMILES string of the molecule is CN(C)c1ccc(C2CC(c3ccccc3)=NN2C(=O)COc2cccc(C=O)c2)cc1. The Balaban J connectivity index is 1.57. The number of carbonyl (C=O) groups excluding carboxylic acids is 2. The summed E-state index contributed by atoms with van der Waals surface area (Å²) < 4.78 is 5.67. The fourth-order valence-electron chi connectivity index (χ4n) is 3.69. The summed E-state index contributed by atoms with van der Waals surface area (Å²) in [6.45, 7) is -0.167. The van der Waals surface area contributed by atoms with Crippen LogP contribution in [0.15, 0.2) is 84.0 Å². The zero-order valence-corrected chi connectivity index (χ0v) is 18.1. The highest BCUT2D eigenvalue weighted by atomic mass is 16.5. The van der Waals surface area contributed by atoms with Crippen LogP contribution in [0.2, 0.25) is 0 Å². The molecule has 6 nitrogen and oxygen atoms in total. The van der Waals surface area contributed by atoms with Crippen molar-refractivity contribution < 1.29 is 14.3 Å². The lowest BCUT2D eigenvalue weighted by Crippen LogP contribution is -2.31. The monoisotopic (exact) mass is 427 g/mol. The third kappa shape index (κ3) is 4.70. The van der Waals surface area contributed by atoms with Crippen molar-refractivity contribution in [2.75, 3.05) is 25.6 Å². The van der Waals surface area contributed by atoms with Gasteiger partial charge in [-0.1, -0.05) is 54.6 Å². The van der Waals surface area contributed by atoms with Crippen LogP contribution in [-0.4, -0.2) is 43.6 Å². The van der Waals surface area contributed by atoms with E-state index < -0.39 is 0 Å². The van der Waals surface area contributed by atoms with Crippen molar-refractivity contribution in [3.63, 3.8) is 0 Å². The van der Waals surface area contributed by atoms with Gasteiger partial charge in [0.05, 0.1) is 11.8 Å². The van der Waals surface area contributed by atoms with Crippen molar-refractivity contribution >= 4 is 23.6 Å². The molecule has 0 aliphatic carbocycles. The third-order valence-electron chi connectivity index (χ3n) is 5.42. The lowest BCUT2D eigenvalue weighted by molar-refractivity contribution is -0.135. The summed E-state index contributed by atoms with van der Waals surface area (Å²) in [5.41, 5.74) is 4.47. The Morgan fingerprint density at radius 1 is 1.06 bits per heavy atom. The van der Waals surface area contributed by atoms with Crippen LogP contribution in [0, 0.1) is 0 Å². The van der Waals surface area contributed by atoms with Gasteiger partial charge in [0, 0.05) is 31.8 Å². The van der Waals surface area contributed by atoms with Gasteiger partial charge in [-0.25, -0.2) is 5.01 Å². The van der Waals surface area contributed by atoms with Crippen LogP contribution in [-0.2, 0) is 4.79 Å². The Morgan fingerprint density at radius 2 is 1.81 bits per heavy atom. The van der Waals surface area contributed by atoms with Crippen LogP contribution in [0.3, 0.4) is 0 Å². The minimum Gasteiger partial charge on any atom is -0.484 e. The molecule has 0 radical (unpaired) electrons. The molecule has 162 valence electrons. The van der Waals surface area contributed by atoms with E-state index in [9.17, 15) is 9.59 Å². The smallest absolute Gasteiger partial charge is 0.281 e. The molecule has 0 saturated heterocycles. The van der Waals surface area contributed by atoms with Gasteiger partial charge in [-0.3, -0.25) is 9.59 Å². The molecular weight excluding hydrogens is 402 g/mol. The molecule has 1 aliphatic rings. The van der Waals surface area contributed by atoms with Gasteiger partial charge in [-0.15, -0.1) is 0 Å². The molecule has 0 fully saturated rings. The Kier molecular flexibility index (Phi) is 6.31. The molecule has 0 aromatic heterocycles. The number of benzene rings is 3. The Labute approximate surface area is 187 Å². The van der Waals surface area contributed by atoms with E-state index in [1.54, 1.807) is 24.3 Å². The number of anilines is 1. The number of aldehydes is 1. The van der Waals surface area contributed by atoms with Crippen molar-refractivity contribution in [3.05, 3.63) is 95.6 Å². The second kappa shape index (κ2) is 9.47. The second-order valence-corrected chi connectivity index (χ2v) is 7.84. The molecule has 6 heteroatoms. The first-order valence-electron chi connectivity index (χ1n) is 10.5. The first-order chi connectivity index (χ1) is 15.5. The van der Waals surface area contributed by atoms with Crippen molar-refractivity contribution in [1.29, 1.82) is 0 Å². The predicted octanol–water partition coefficient (Wildman–Crippen LogP) is 4.32. The van der Waals surface area contributed by atoms with Gasteiger partial charge < -0.3 is 9.64 Å². The average Bonchev–Trinajstić information content (AvgIpc) is 3.29. The summed E-state index contributed by atoms with van der Waals surface area (Å²) in [6.07, 6.45) is 1.37. The first kappa shape index (κ1) is 21.3. The van der Waals surface area contributed by atoms with Gasteiger partial charge in [-0.2, -0.15) is 5.10 Å². The van der Waals surface area contributed by atoms with Gasteiger partial charge in [0.15, 0.2) is 6.61 Å². The van der Waals surface area contributed by atoms with Crippen LogP contribution in [0.25, 0.3) is 0 Å². The van der Waals surface area contributed by atoms with Gasteiger partial charge >= 0.3 is 0 Å². The fourth-order valence-corrected chi connectivity index (χ4v) is 3.69. The minimum atomic E-state index is -0.242. The molecule has 1 amide bonds. The highest BCUT2D eigenvalue weighted by Crippen LogP contribution is 2.33. The molecular formula is C26H25N3O3. The number of carbonyl (C=O) groups is 2. The molecule has 1 unspecified atom stereocenters. The van der Waals surface area contributed by atoms with Gasteiger partial charge in [0.25, 0.3) is 5.91 Å². The fraction of sp³-hybridized carbons (Fsp3) is 0.192. The molecule has 1 heterocycles. The van der Waals surface area contributed by atoms with Gasteiger partial charge in [0.2, 0.25) is 0 Å². The molecule has 32 heavy (non-hydrogen) atoms. The molecule has 3 aromatic rings. The molecule has 0 bridgehead atoms. The molecule has 0 saturated carbocycles. The highest BCUT2D eigenvalue weighted by molar-refractivity contribution is 6.03. The summed E-state index contributed by atoms with van der Waals surface area (Å²) in [6, 6.07) is 24.6. The lowest BCUT2D eigenvalue weighted by Gasteiger charge is -2.23. The van der Waals surface area contributed by atoms with Gasteiger partial charge in [-0.05, 0) is 35.4 Å². The van der Waals surface area contributed by atoms with E-state index in [2.05, 4.69) is 5.10 Å². The number of hydrazone groups is 1. The standard InChI is InChI=1S/C26H25N3O3/c1-28(2)22-13-11-21(12-14-22)25-16-24(20-8-4-3-5-9-20)27-29(25)26(31)18-32-23-10-6-7-19(15-23)17-30/h3-15,17,25H,16,18H2,1-2H3. The van der Waals surface area contributed by atoms with Crippen molar-refractivity contribution in [1.82, 2.24) is 5.01 Å². The number of hydrogen-bond acceptors (Lipinski definition) is 5. The van der Waals surface area contributed by atoms with Crippen molar-refractivity contribution in [2.45, 2.75) is 12.5 Å². The van der Waals surface area contributed by atoms with E-state index in [0.29, 0.717) is 17.7 Å². The topological polar surface area (TPSA) is 62.2 Å². The largest absolute Gasteiger partial charge is 0.484 e. The van der Waals surface area contributed by atoms with E-state index >= 15 is 0 Å². The highest BCUT2D eigenvalue weighted by Gasteiger charge is 2.33. The normalized spacial score (nSPS) is 15.2. The number of hydrogen-bond donors (Lipinski definition) is 0. The molecule has 0 spiro atoms. The zero-order chi connectivity index (χ0) is 22.5. The lowest BCUT2D eigenvalue weighted by atomic mass is 9.98. The Bertz CT molecular complexity index is 1120. The second-order valence-electron chi connectivity index (χ2n) is 7.84. The zero-order valence-electron chi connectivity index (χ0n) is 18.1. The van der Waals surface area contributed by atoms with E-state index in [0.717, 1.165) is 28.8 Å². The summed E-state index contributed by atoms with van der Waals surface area (Å²) >= 11 is 0. The van der Waals surface area contributed by atoms with Gasteiger partial charge in [0.1, 0.15) is 12.0 Å². The molecule has 1 atom stereocenters. The Hall–Kier alpha value is -3.93. The molecule has 4 rings (SSSR count). The number of nitrogens with zero attached hydrogens (tertiary/aromatic N) is 3. The average molecular weight is 428 g/mol. The predicted molar refractivity (Wildman–Crippen MR) is 125 cm³/mol. The molecule has 3 aromatic carbocycles.